The van der Waals surface area contributed by atoms with Crippen LogP contribution in [0.5, 0.6) is 0 Å². The van der Waals surface area contributed by atoms with Gasteiger partial charge in [0, 0.05) is 13.4 Å². The highest BCUT2D eigenvalue weighted by atomic mass is 79.9. The first-order valence-corrected chi connectivity index (χ1v) is 8.28. The Morgan fingerprint density at radius 2 is 1.60 bits per heavy atom. The molecule has 1 atom stereocenters. The molecule has 0 aliphatic heterocycles. The van der Waals surface area contributed by atoms with E-state index in [1.54, 1.807) is 0 Å². The maximum atomic E-state index is 11.6. The van der Waals surface area contributed by atoms with Gasteiger partial charge in [-0.15, -0.1) is 0 Å². The van der Waals surface area contributed by atoms with E-state index in [-0.39, 0.29) is 0 Å². The summed E-state index contributed by atoms with van der Waals surface area (Å²) < 4.78 is 2.45. The second kappa shape index (κ2) is 6.87. The number of carboxylic acids is 1. The molecule has 2 rings (SSSR count). The normalized spacial score (nSPS) is 12.2. The molecule has 0 saturated carbocycles. The molecule has 0 bridgehead atoms. The Kier molecular flexibility index (Phi) is 5.41. The number of carboxylic acid groups (broad SMARTS) is 1. The van der Waals surface area contributed by atoms with Crippen molar-refractivity contribution in [2.75, 3.05) is 0 Å². The molecular weight excluding hydrogens is 452 g/mol. The molecule has 2 aromatic rings. The van der Waals surface area contributed by atoms with Crippen LogP contribution in [0, 0.1) is 0 Å². The number of hydrogen-bond donors (Lipinski definition) is 1. The molecule has 0 heterocycles. The average molecular weight is 463 g/mol. The summed E-state index contributed by atoms with van der Waals surface area (Å²) in [6.07, 6.45) is 0.453. The summed E-state index contributed by atoms with van der Waals surface area (Å²) in [5.41, 5.74) is 1.76. The van der Waals surface area contributed by atoms with E-state index in [4.69, 9.17) is 0 Å². The molecule has 0 radical (unpaired) electrons. The lowest BCUT2D eigenvalue weighted by molar-refractivity contribution is -0.138. The first kappa shape index (κ1) is 15.7. The maximum absolute atomic E-state index is 11.6. The van der Waals surface area contributed by atoms with E-state index in [1.807, 2.05) is 42.5 Å². The highest BCUT2D eigenvalue weighted by molar-refractivity contribution is 9.11. The first-order valence-electron chi connectivity index (χ1n) is 5.90. The monoisotopic (exact) mass is 460 g/mol. The van der Waals surface area contributed by atoms with Crippen LogP contribution >= 0.6 is 47.8 Å². The van der Waals surface area contributed by atoms with Crippen LogP contribution in [0.1, 0.15) is 17.0 Å². The number of benzene rings is 2. The predicted molar refractivity (Wildman–Crippen MR) is 90.1 cm³/mol. The fraction of sp³-hybridized carbons (Fsp3) is 0.133. The highest BCUT2D eigenvalue weighted by Crippen LogP contribution is 2.36. The van der Waals surface area contributed by atoms with Gasteiger partial charge in [0.05, 0.1) is 5.92 Å². The van der Waals surface area contributed by atoms with Crippen LogP contribution in [0.4, 0.5) is 0 Å². The fourth-order valence-corrected chi connectivity index (χ4v) is 4.86. The van der Waals surface area contributed by atoms with Gasteiger partial charge in [-0.05, 0) is 29.7 Å². The van der Waals surface area contributed by atoms with Crippen LogP contribution in [0.15, 0.2) is 55.9 Å². The molecular formula is C15H11Br3O2. The lowest BCUT2D eigenvalue weighted by atomic mass is 9.92. The van der Waals surface area contributed by atoms with Crippen LogP contribution in [0.3, 0.4) is 0 Å². The van der Waals surface area contributed by atoms with Gasteiger partial charge in [-0.25, -0.2) is 0 Å². The Hall–Kier alpha value is -0.650. The molecule has 0 aliphatic rings. The summed E-state index contributed by atoms with van der Waals surface area (Å²) in [5, 5.41) is 9.55. The van der Waals surface area contributed by atoms with Gasteiger partial charge in [-0.3, -0.25) is 4.79 Å². The smallest absolute Gasteiger partial charge is 0.311 e. The molecule has 0 aliphatic carbocycles. The van der Waals surface area contributed by atoms with Crippen molar-refractivity contribution in [3.63, 3.8) is 0 Å². The molecule has 1 unspecified atom stereocenters. The lowest BCUT2D eigenvalue weighted by Gasteiger charge is -2.17. The summed E-state index contributed by atoms with van der Waals surface area (Å²) >= 11 is 10.3. The van der Waals surface area contributed by atoms with Crippen molar-refractivity contribution in [2.45, 2.75) is 12.3 Å². The molecule has 0 saturated heterocycles. The molecule has 5 heteroatoms. The Bertz CT molecular complexity index is 603. The minimum Gasteiger partial charge on any atom is -0.481 e. The second-order valence-electron chi connectivity index (χ2n) is 4.36. The number of halogens is 3. The Morgan fingerprint density at radius 3 is 2.10 bits per heavy atom. The first-order chi connectivity index (χ1) is 9.49. The van der Waals surface area contributed by atoms with Crippen molar-refractivity contribution in [1.29, 1.82) is 0 Å². The van der Waals surface area contributed by atoms with Gasteiger partial charge in [0.2, 0.25) is 0 Å². The Morgan fingerprint density at radius 1 is 1.05 bits per heavy atom. The molecule has 104 valence electrons. The molecule has 2 aromatic carbocycles. The van der Waals surface area contributed by atoms with E-state index in [0.29, 0.717) is 6.42 Å². The zero-order chi connectivity index (χ0) is 14.7. The molecule has 20 heavy (non-hydrogen) atoms. The summed E-state index contributed by atoms with van der Waals surface area (Å²) in [6, 6.07) is 13.4. The molecule has 0 fully saturated rings. The second-order valence-corrected chi connectivity index (χ2v) is 6.99. The standard InChI is InChI=1S/C15H11Br3O2/c16-10-7-12(17)14(13(18)8-10)11(15(19)20)6-9-4-2-1-3-5-9/h1-5,7-8,11H,6H2,(H,19,20). The van der Waals surface area contributed by atoms with Crippen molar-refractivity contribution in [2.24, 2.45) is 0 Å². The van der Waals surface area contributed by atoms with Gasteiger partial charge in [0.1, 0.15) is 0 Å². The Labute approximate surface area is 142 Å². The van der Waals surface area contributed by atoms with Crippen LogP contribution in [-0.4, -0.2) is 11.1 Å². The quantitative estimate of drug-likeness (QED) is 0.662. The van der Waals surface area contributed by atoms with Crippen LogP contribution in [0.25, 0.3) is 0 Å². The topological polar surface area (TPSA) is 37.3 Å². The van der Waals surface area contributed by atoms with Crippen molar-refractivity contribution in [3.05, 3.63) is 67.0 Å². The number of carbonyl (C=O) groups is 1. The third kappa shape index (κ3) is 3.71. The van der Waals surface area contributed by atoms with Gasteiger partial charge >= 0.3 is 5.97 Å². The number of hydrogen-bond acceptors (Lipinski definition) is 1. The van der Waals surface area contributed by atoms with Crippen molar-refractivity contribution >= 4 is 53.8 Å². The zero-order valence-corrected chi connectivity index (χ0v) is 15.1. The zero-order valence-electron chi connectivity index (χ0n) is 10.3. The van der Waals surface area contributed by atoms with E-state index in [9.17, 15) is 9.90 Å². The number of rotatable bonds is 4. The summed E-state index contributed by atoms with van der Waals surface area (Å²) in [7, 11) is 0. The van der Waals surface area contributed by atoms with Crippen LogP contribution in [-0.2, 0) is 11.2 Å². The summed E-state index contributed by atoms with van der Waals surface area (Å²) in [6.45, 7) is 0. The van der Waals surface area contributed by atoms with E-state index < -0.39 is 11.9 Å². The average Bonchev–Trinajstić information content (AvgIpc) is 2.37. The highest BCUT2D eigenvalue weighted by Gasteiger charge is 2.25. The molecule has 0 amide bonds. The molecule has 0 aromatic heterocycles. The molecule has 0 spiro atoms. The maximum Gasteiger partial charge on any atom is 0.311 e. The van der Waals surface area contributed by atoms with Gasteiger partial charge in [0.25, 0.3) is 0 Å². The van der Waals surface area contributed by atoms with Crippen LogP contribution < -0.4 is 0 Å². The number of aliphatic carboxylic acids is 1. The van der Waals surface area contributed by atoms with Gasteiger partial charge in [-0.2, -0.15) is 0 Å². The predicted octanol–water partition coefficient (Wildman–Crippen LogP) is 5.39. The largest absolute Gasteiger partial charge is 0.481 e. The third-order valence-corrected chi connectivity index (χ3v) is 4.74. The van der Waals surface area contributed by atoms with Crippen molar-refractivity contribution in [1.82, 2.24) is 0 Å². The summed E-state index contributed by atoms with van der Waals surface area (Å²) in [5.74, 6) is -1.44. The Balaban J connectivity index is 2.42. The van der Waals surface area contributed by atoms with E-state index in [2.05, 4.69) is 47.8 Å². The third-order valence-electron chi connectivity index (χ3n) is 2.97. The SMILES string of the molecule is O=C(O)C(Cc1ccccc1)c1c(Br)cc(Br)cc1Br. The van der Waals surface area contributed by atoms with Crippen molar-refractivity contribution in [3.8, 4) is 0 Å². The fourth-order valence-electron chi connectivity index (χ4n) is 2.05. The van der Waals surface area contributed by atoms with Gasteiger partial charge in [0.15, 0.2) is 0 Å². The van der Waals surface area contributed by atoms with E-state index >= 15 is 0 Å². The minimum absolute atomic E-state index is 0.453. The van der Waals surface area contributed by atoms with Gasteiger partial charge < -0.3 is 5.11 Å². The van der Waals surface area contributed by atoms with E-state index in [1.165, 1.54) is 0 Å². The lowest BCUT2D eigenvalue weighted by Crippen LogP contribution is -2.15. The molecule has 2 nitrogen and oxygen atoms in total. The van der Waals surface area contributed by atoms with Crippen LogP contribution in [0.2, 0.25) is 0 Å². The minimum atomic E-state index is -0.836. The molecule has 1 N–H and O–H groups in total. The summed E-state index contributed by atoms with van der Waals surface area (Å²) in [4.78, 5) is 11.6. The van der Waals surface area contributed by atoms with Crippen molar-refractivity contribution < 1.29 is 9.90 Å². The van der Waals surface area contributed by atoms with E-state index in [0.717, 1.165) is 24.5 Å². The van der Waals surface area contributed by atoms with Gasteiger partial charge in [-0.1, -0.05) is 78.1 Å².